The first-order valence-electron chi connectivity index (χ1n) is 4.27. The van der Waals surface area contributed by atoms with E-state index in [9.17, 15) is 10.2 Å². The molecule has 13 heavy (non-hydrogen) atoms. The number of aliphatic hydroxyl groups is 3. The first-order chi connectivity index (χ1) is 6.11. The summed E-state index contributed by atoms with van der Waals surface area (Å²) in [4.78, 5) is 0. The largest absolute Gasteiger partial charge is 0.394 e. The lowest BCUT2D eigenvalue weighted by Gasteiger charge is -2.40. The van der Waals surface area contributed by atoms with Gasteiger partial charge in [-0.15, -0.1) is 0 Å². The Balaban J connectivity index is 2.66. The summed E-state index contributed by atoms with van der Waals surface area (Å²) in [5.41, 5.74) is 0. The van der Waals surface area contributed by atoms with Gasteiger partial charge in [0.25, 0.3) is 0 Å². The molecule has 0 amide bonds. The quantitative estimate of drug-likeness (QED) is 0.507. The lowest BCUT2D eigenvalue weighted by Crippen LogP contribution is -2.55. The molecule has 1 rings (SSSR count). The summed E-state index contributed by atoms with van der Waals surface area (Å²) in [5.74, 6) is -0.303. The monoisotopic (exact) mass is 192 g/mol. The van der Waals surface area contributed by atoms with E-state index < -0.39 is 24.6 Å². The number of hydrogen-bond donors (Lipinski definition) is 3. The molecule has 0 radical (unpaired) electrons. The Kier molecular flexibility index (Phi) is 3.63. The molecule has 1 aliphatic heterocycles. The lowest BCUT2D eigenvalue weighted by atomic mass is 9.93. The average molecular weight is 192 g/mol. The number of aliphatic hydroxyl groups excluding tert-OH is 3. The third-order valence-corrected chi connectivity index (χ3v) is 2.42. The molecule has 0 aromatic rings. The molecule has 0 aromatic carbocycles. The Labute approximate surface area is 76.9 Å². The van der Waals surface area contributed by atoms with E-state index in [0.717, 1.165) is 0 Å². The van der Waals surface area contributed by atoms with Crippen molar-refractivity contribution >= 4 is 0 Å². The van der Waals surface area contributed by atoms with Crippen LogP contribution in [0.4, 0.5) is 0 Å². The SMILES string of the molecule is CO[C@H]1OC(CO)[C@@H](O)[C@H](O)C1C. The molecule has 1 fully saturated rings. The maximum absolute atomic E-state index is 9.53. The molecule has 2 unspecified atom stereocenters. The molecule has 0 bridgehead atoms. The lowest BCUT2D eigenvalue weighted by molar-refractivity contribution is -0.274. The van der Waals surface area contributed by atoms with Crippen molar-refractivity contribution in [2.45, 2.75) is 31.5 Å². The van der Waals surface area contributed by atoms with E-state index in [1.807, 2.05) is 0 Å². The second-order valence-electron chi connectivity index (χ2n) is 3.30. The third-order valence-electron chi connectivity index (χ3n) is 2.42. The van der Waals surface area contributed by atoms with Gasteiger partial charge in [-0.1, -0.05) is 6.92 Å². The molecule has 0 spiro atoms. The predicted molar refractivity (Wildman–Crippen MR) is 43.9 cm³/mol. The van der Waals surface area contributed by atoms with E-state index in [1.54, 1.807) is 6.92 Å². The van der Waals surface area contributed by atoms with Gasteiger partial charge in [0, 0.05) is 13.0 Å². The first-order valence-corrected chi connectivity index (χ1v) is 4.27. The molecule has 5 heteroatoms. The van der Waals surface area contributed by atoms with Crippen LogP contribution < -0.4 is 0 Å². The molecule has 0 aromatic heterocycles. The van der Waals surface area contributed by atoms with Crippen molar-refractivity contribution in [3.8, 4) is 0 Å². The highest BCUT2D eigenvalue weighted by Crippen LogP contribution is 2.25. The van der Waals surface area contributed by atoms with Crippen molar-refractivity contribution in [2.75, 3.05) is 13.7 Å². The zero-order valence-corrected chi connectivity index (χ0v) is 7.75. The standard InChI is InChI=1S/C8H16O5/c1-4-6(10)7(11)5(3-9)13-8(4)12-2/h4-11H,3H2,1-2H3/t4?,5?,6-,7-,8+/m1/s1. The predicted octanol–water partition coefficient (Wildman–Crippen LogP) is -1.29. The van der Waals surface area contributed by atoms with Crippen LogP contribution in [-0.2, 0) is 9.47 Å². The summed E-state index contributed by atoms with van der Waals surface area (Å²) in [7, 11) is 1.46. The van der Waals surface area contributed by atoms with Crippen LogP contribution in [0.2, 0.25) is 0 Å². The van der Waals surface area contributed by atoms with E-state index in [0.29, 0.717) is 0 Å². The maximum atomic E-state index is 9.53. The second kappa shape index (κ2) is 4.34. The van der Waals surface area contributed by atoms with E-state index >= 15 is 0 Å². The van der Waals surface area contributed by atoms with Gasteiger partial charge in [0.05, 0.1) is 12.7 Å². The minimum absolute atomic E-state index is 0.303. The van der Waals surface area contributed by atoms with Crippen LogP contribution in [-0.4, -0.2) is 53.6 Å². The molecule has 1 heterocycles. The average Bonchev–Trinajstić information content (AvgIpc) is 2.15. The van der Waals surface area contributed by atoms with Crippen LogP contribution in [0.25, 0.3) is 0 Å². The van der Waals surface area contributed by atoms with Gasteiger partial charge in [-0.05, 0) is 0 Å². The number of ether oxygens (including phenoxy) is 2. The van der Waals surface area contributed by atoms with Gasteiger partial charge in [-0.3, -0.25) is 0 Å². The summed E-state index contributed by atoms with van der Waals surface area (Å²) in [6.45, 7) is 1.39. The molecule has 0 aliphatic carbocycles. The van der Waals surface area contributed by atoms with E-state index in [2.05, 4.69) is 0 Å². The van der Waals surface area contributed by atoms with Gasteiger partial charge < -0.3 is 24.8 Å². The number of rotatable bonds is 2. The fourth-order valence-corrected chi connectivity index (χ4v) is 1.49. The summed E-state index contributed by atoms with van der Waals surface area (Å²) >= 11 is 0. The van der Waals surface area contributed by atoms with Crippen molar-refractivity contribution in [3.63, 3.8) is 0 Å². The van der Waals surface area contributed by atoms with E-state index in [-0.39, 0.29) is 12.5 Å². The molecule has 0 saturated carbocycles. The van der Waals surface area contributed by atoms with Gasteiger partial charge in [-0.25, -0.2) is 0 Å². The van der Waals surface area contributed by atoms with E-state index in [1.165, 1.54) is 7.11 Å². The first kappa shape index (κ1) is 10.9. The van der Waals surface area contributed by atoms with Gasteiger partial charge in [0.1, 0.15) is 12.2 Å². The maximum Gasteiger partial charge on any atom is 0.162 e. The molecular formula is C8H16O5. The highest BCUT2D eigenvalue weighted by Gasteiger charge is 2.41. The Morgan fingerprint density at radius 3 is 2.38 bits per heavy atom. The fourth-order valence-electron chi connectivity index (χ4n) is 1.49. The summed E-state index contributed by atoms with van der Waals surface area (Å²) < 4.78 is 10.1. The second-order valence-corrected chi connectivity index (χ2v) is 3.30. The van der Waals surface area contributed by atoms with Crippen molar-refractivity contribution < 1.29 is 24.8 Å². The van der Waals surface area contributed by atoms with Crippen molar-refractivity contribution in [1.82, 2.24) is 0 Å². The molecule has 5 nitrogen and oxygen atoms in total. The topological polar surface area (TPSA) is 79.2 Å². The number of methoxy groups -OCH3 is 1. The summed E-state index contributed by atoms with van der Waals surface area (Å²) in [6, 6.07) is 0. The van der Waals surface area contributed by atoms with E-state index in [4.69, 9.17) is 14.6 Å². The minimum Gasteiger partial charge on any atom is -0.394 e. The Bertz CT molecular complexity index is 143. The zero-order valence-electron chi connectivity index (χ0n) is 7.75. The van der Waals surface area contributed by atoms with Crippen LogP contribution in [0.5, 0.6) is 0 Å². The molecule has 5 atom stereocenters. The van der Waals surface area contributed by atoms with Crippen LogP contribution >= 0.6 is 0 Å². The van der Waals surface area contributed by atoms with Gasteiger partial charge in [-0.2, -0.15) is 0 Å². The molecular weight excluding hydrogens is 176 g/mol. The molecule has 1 saturated heterocycles. The van der Waals surface area contributed by atoms with Crippen LogP contribution in [0, 0.1) is 5.92 Å². The minimum atomic E-state index is -1.05. The Morgan fingerprint density at radius 2 is 1.92 bits per heavy atom. The van der Waals surface area contributed by atoms with Crippen molar-refractivity contribution in [1.29, 1.82) is 0 Å². The van der Waals surface area contributed by atoms with Crippen molar-refractivity contribution in [2.24, 2.45) is 5.92 Å². The molecule has 3 N–H and O–H groups in total. The van der Waals surface area contributed by atoms with Crippen molar-refractivity contribution in [3.05, 3.63) is 0 Å². The van der Waals surface area contributed by atoms with Gasteiger partial charge in [0.2, 0.25) is 0 Å². The number of hydrogen-bond acceptors (Lipinski definition) is 5. The van der Waals surface area contributed by atoms with Gasteiger partial charge in [0.15, 0.2) is 6.29 Å². The highest BCUT2D eigenvalue weighted by atomic mass is 16.7. The Morgan fingerprint density at radius 1 is 1.31 bits per heavy atom. The van der Waals surface area contributed by atoms with Crippen LogP contribution in [0.1, 0.15) is 6.92 Å². The van der Waals surface area contributed by atoms with Crippen LogP contribution in [0.15, 0.2) is 0 Å². The summed E-state index contributed by atoms with van der Waals surface area (Å²) in [6.07, 6.45) is -3.31. The molecule has 78 valence electrons. The fraction of sp³-hybridized carbons (Fsp3) is 1.00. The Hall–Kier alpha value is -0.200. The van der Waals surface area contributed by atoms with Gasteiger partial charge >= 0.3 is 0 Å². The summed E-state index contributed by atoms with van der Waals surface area (Å²) in [5, 5.41) is 27.8. The third kappa shape index (κ3) is 2.00. The molecule has 1 aliphatic rings. The highest BCUT2D eigenvalue weighted by molar-refractivity contribution is 4.86. The smallest absolute Gasteiger partial charge is 0.162 e. The normalized spacial score (nSPS) is 46.4. The van der Waals surface area contributed by atoms with Crippen LogP contribution in [0.3, 0.4) is 0 Å². The zero-order chi connectivity index (χ0) is 10.0.